The van der Waals surface area contributed by atoms with E-state index in [0.717, 1.165) is 63.4 Å². The minimum absolute atomic E-state index is 0.187. The molecule has 0 aliphatic heterocycles. The number of aryl methyl sites for hydroxylation is 1. The van der Waals surface area contributed by atoms with E-state index in [1.807, 2.05) is 12.1 Å². The molecule has 3 N–H and O–H groups in total. The zero-order chi connectivity index (χ0) is 45.4. The summed E-state index contributed by atoms with van der Waals surface area (Å²) < 4.78 is 50.1. The lowest BCUT2D eigenvalue weighted by Crippen LogP contribution is -2.25. The number of phenols is 1. The number of nitrogens with zero attached hydrogens (tertiary/aromatic N) is 1. The number of hydrogen-bond acceptors (Lipinski definition) is 15. The molecule has 2 aromatic rings. The number of Topliss-reactive ketones (excluding diaryl/α,β-unsaturated/α-hetero) is 1. The zero-order valence-electron chi connectivity index (χ0n) is 37.3. The fourth-order valence-corrected chi connectivity index (χ4v) is 5.82. The number of rotatable bonds is 43. The summed E-state index contributed by atoms with van der Waals surface area (Å²) in [7, 11) is 1.40. The van der Waals surface area contributed by atoms with E-state index in [1.165, 1.54) is 31.4 Å². The Hall–Kier alpha value is -4.04. The van der Waals surface area contributed by atoms with Crippen molar-refractivity contribution in [3.8, 4) is 11.5 Å². The predicted molar refractivity (Wildman–Crippen MR) is 237 cm³/mol. The second-order valence-electron chi connectivity index (χ2n) is 14.4. The van der Waals surface area contributed by atoms with E-state index in [0.29, 0.717) is 124 Å². The highest BCUT2D eigenvalue weighted by Gasteiger charge is 2.17. The van der Waals surface area contributed by atoms with Gasteiger partial charge in [-0.3, -0.25) is 19.7 Å². The number of aliphatic hydroxyl groups is 1. The number of benzene rings is 2. The van der Waals surface area contributed by atoms with Crippen LogP contribution in [0.5, 0.6) is 11.5 Å². The van der Waals surface area contributed by atoms with Gasteiger partial charge in [0.2, 0.25) is 5.91 Å². The molecule has 0 saturated heterocycles. The number of hydrogen-bond donors (Lipinski definition) is 3. The van der Waals surface area contributed by atoms with Crippen LogP contribution in [0.2, 0.25) is 0 Å². The summed E-state index contributed by atoms with van der Waals surface area (Å²) in [5.74, 6) is 0.342. The molecule has 1 amide bonds. The molecule has 0 fully saturated rings. The van der Waals surface area contributed by atoms with Crippen LogP contribution >= 0.6 is 0 Å². The van der Waals surface area contributed by atoms with E-state index < -0.39 is 17.4 Å². The van der Waals surface area contributed by atoms with Crippen molar-refractivity contribution in [1.82, 2.24) is 5.32 Å². The molecule has 0 aliphatic rings. The number of phenolic OH excluding ortho intramolecular Hbond substituents is 1. The number of ketones is 1. The van der Waals surface area contributed by atoms with E-state index in [2.05, 4.69) is 5.32 Å². The first-order valence-corrected chi connectivity index (χ1v) is 22.2. The van der Waals surface area contributed by atoms with Crippen molar-refractivity contribution in [2.24, 2.45) is 0 Å². The van der Waals surface area contributed by atoms with Gasteiger partial charge in [0, 0.05) is 130 Å². The average Bonchev–Trinajstić information content (AvgIpc) is 3.28. The third-order valence-corrected chi connectivity index (χ3v) is 9.18. The zero-order valence-corrected chi connectivity index (χ0v) is 37.3. The number of nitrogens with one attached hydrogen (secondary N) is 1. The van der Waals surface area contributed by atoms with Gasteiger partial charge in [-0.25, -0.2) is 0 Å². The molecule has 17 heteroatoms. The largest absolute Gasteiger partial charge is 0.508 e. The Morgan fingerprint density at radius 2 is 1.08 bits per heavy atom. The third-order valence-electron chi connectivity index (χ3n) is 9.18. The number of aromatic hydroxyl groups is 1. The number of amides is 1. The summed E-state index contributed by atoms with van der Waals surface area (Å²) in [6, 6.07) is 9.74. The number of methoxy groups -OCH3 is 1. The Bertz CT molecular complexity index is 1510. The van der Waals surface area contributed by atoms with Gasteiger partial charge in [0.05, 0.1) is 37.4 Å². The lowest BCUT2D eigenvalue weighted by Gasteiger charge is -2.08. The quantitative estimate of drug-likeness (QED) is 0.0312. The maximum absolute atomic E-state index is 12.1. The van der Waals surface area contributed by atoms with Crippen molar-refractivity contribution in [3.63, 3.8) is 0 Å². The molecule has 0 spiro atoms. The van der Waals surface area contributed by atoms with Crippen LogP contribution in [0.1, 0.15) is 80.9 Å². The Morgan fingerprint density at radius 1 is 0.635 bits per heavy atom. The molecule has 0 radical (unpaired) electrons. The van der Waals surface area contributed by atoms with Crippen molar-refractivity contribution >= 4 is 23.5 Å². The van der Waals surface area contributed by atoms with Gasteiger partial charge in [-0.05, 0) is 87.6 Å². The van der Waals surface area contributed by atoms with Crippen molar-refractivity contribution < 1.29 is 67.4 Å². The van der Waals surface area contributed by atoms with E-state index in [-0.39, 0.29) is 34.9 Å². The van der Waals surface area contributed by atoms with Gasteiger partial charge in [0.15, 0.2) is 0 Å². The normalized spacial score (nSPS) is 11.4. The fraction of sp³-hybridized carbons (Fsp3) is 0.652. The highest BCUT2D eigenvalue weighted by Crippen LogP contribution is 2.29. The second kappa shape index (κ2) is 38.4. The molecule has 0 aliphatic carbocycles. The van der Waals surface area contributed by atoms with E-state index in [9.17, 15) is 29.9 Å². The van der Waals surface area contributed by atoms with Gasteiger partial charge in [-0.2, -0.15) is 0 Å². The highest BCUT2D eigenvalue weighted by atomic mass is 16.6. The SMILES string of the molecule is COc1cc(/C=C/C(=O)NCCOCCCOCCCOCCCOCCCOCCCOCCCOCCCOCCC(=O)CCCc2ccc(O)cc2)c([N+](=O)[O-])cc1CO. The lowest BCUT2D eigenvalue weighted by atomic mass is 10.1. The molecule has 17 nitrogen and oxygen atoms in total. The Morgan fingerprint density at radius 3 is 1.51 bits per heavy atom. The second-order valence-corrected chi connectivity index (χ2v) is 14.4. The van der Waals surface area contributed by atoms with Crippen LogP contribution in [0.4, 0.5) is 5.69 Å². The van der Waals surface area contributed by atoms with Gasteiger partial charge < -0.3 is 58.2 Å². The van der Waals surface area contributed by atoms with Gasteiger partial charge in [-0.1, -0.05) is 12.1 Å². The molecule has 0 atom stereocenters. The van der Waals surface area contributed by atoms with Gasteiger partial charge in [0.1, 0.15) is 17.3 Å². The first kappa shape index (κ1) is 55.1. The molecule has 356 valence electrons. The summed E-state index contributed by atoms with van der Waals surface area (Å²) in [4.78, 5) is 35.0. The molecule has 2 rings (SSSR count). The average molecular weight is 893 g/mol. The van der Waals surface area contributed by atoms with Crippen molar-refractivity contribution in [2.75, 3.05) is 119 Å². The van der Waals surface area contributed by atoms with Crippen LogP contribution in [0.25, 0.3) is 6.08 Å². The molecule has 0 bridgehead atoms. The number of aliphatic hydroxyl groups excluding tert-OH is 1. The number of carbonyl (C=O) groups is 2. The highest BCUT2D eigenvalue weighted by molar-refractivity contribution is 5.92. The van der Waals surface area contributed by atoms with E-state index in [1.54, 1.807) is 12.1 Å². The predicted octanol–water partition coefficient (Wildman–Crippen LogP) is 5.78. The number of nitro benzene ring substituents is 1. The van der Waals surface area contributed by atoms with Crippen LogP contribution in [-0.2, 0) is 60.5 Å². The number of carbonyl (C=O) groups excluding carboxylic acids is 2. The molecular formula is C46H72N2O15. The molecule has 0 saturated carbocycles. The maximum Gasteiger partial charge on any atom is 0.277 e. The summed E-state index contributed by atoms with van der Waals surface area (Å²) in [6.45, 7) is 9.36. The summed E-state index contributed by atoms with van der Waals surface area (Å²) in [5, 5.41) is 32.8. The van der Waals surface area contributed by atoms with Crippen LogP contribution in [-0.4, -0.2) is 146 Å². The Balaban J connectivity index is 1.22. The topological polar surface area (TPSA) is 213 Å². The maximum atomic E-state index is 12.1. The number of nitro groups is 1. The van der Waals surface area contributed by atoms with E-state index >= 15 is 0 Å². The minimum atomic E-state index is -0.579. The first-order valence-electron chi connectivity index (χ1n) is 22.2. The smallest absolute Gasteiger partial charge is 0.277 e. The molecule has 2 aromatic carbocycles. The van der Waals surface area contributed by atoms with Crippen LogP contribution < -0.4 is 10.1 Å². The Labute approximate surface area is 372 Å². The number of ether oxygens (including phenoxy) is 9. The van der Waals surface area contributed by atoms with Crippen LogP contribution in [0.3, 0.4) is 0 Å². The van der Waals surface area contributed by atoms with Gasteiger partial charge in [-0.15, -0.1) is 0 Å². The van der Waals surface area contributed by atoms with Crippen LogP contribution in [0, 0.1) is 10.1 Å². The van der Waals surface area contributed by atoms with Gasteiger partial charge in [0.25, 0.3) is 5.69 Å². The molecular weight excluding hydrogens is 821 g/mol. The van der Waals surface area contributed by atoms with Crippen molar-refractivity contribution in [3.05, 3.63) is 69.3 Å². The van der Waals surface area contributed by atoms with Crippen molar-refractivity contribution in [2.45, 2.75) is 77.2 Å². The molecule has 0 heterocycles. The lowest BCUT2D eigenvalue weighted by molar-refractivity contribution is -0.385. The summed E-state index contributed by atoms with van der Waals surface area (Å²) in [5.41, 5.74) is 1.35. The molecule has 63 heavy (non-hydrogen) atoms. The third kappa shape index (κ3) is 29.9. The summed E-state index contributed by atoms with van der Waals surface area (Å²) in [6.07, 6.45) is 10.8. The first-order chi connectivity index (χ1) is 30.8. The minimum Gasteiger partial charge on any atom is -0.508 e. The summed E-state index contributed by atoms with van der Waals surface area (Å²) >= 11 is 0. The molecule has 0 aromatic heterocycles. The van der Waals surface area contributed by atoms with Crippen LogP contribution in [0.15, 0.2) is 42.5 Å². The Kier molecular flexibility index (Phi) is 33.6. The fourth-order valence-electron chi connectivity index (χ4n) is 5.82. The standard InChI is InChI=1S/C46H72N2O15/c1-55-45-37-40(44(48(53)54)36-41(45)38-49)14-17-46(52)47-19-35-63-33-9-31-61-29-7-27-59-25-5-23-57-21-3-20-56-22-4-24-58-26-6-28-60-30-8-32-62-34-18-42(50)11-2-10-39-12-15-43(51)16-13-39/h12-17,36-37,49,51H,2-11,18-35,38H2,1H3,(H,47,52)/b17-14+. The van der Waals surface area contributed by atoms with Crippen molar-refractivity contribution in [1.29, 1.82) is 0 Å². The van der Waals surface area contributed by atoms with E-state index in [4.69, 9.17) is 42.6 Å². The molecule has 0 unspecified atom stereocenters. The van der Waals surface area contributed by atoms with Gasteiger partial charge >= 0.3 is 0 Å². The monoisotopic (exact) mass is 892 g/mol.